The van der Waals surface area contributed by atoms with Gasteiger partial charge >= 0.3 is 12.2 Å². The van der Waals surface area contributed by atoms with Crippen LogP contribution in [0.2, 0.25) is 5.02 Å². The number of hydrogen-bond donors (Lipinski definition) is 2. The van der Waals surface area contributed by atoms with E-state index in [0.717, 1.165) is 29.0 Å². The molecule has 0 bridgehead atoms. The van der Waals surface area contributed by atoms with Gasteiger partial charge in [0, 0.05) is 40.1 Å². The van der Waals surface area contributed by atoms with E-state index in [-0.39, 0.29) is 5.69 Å². The van der Waals surface area contributed by atoms with Crippen molar-refractivity contribution in [2.24, 2.45) is 4.99 Å². The summed E-state index contributed by atoms with van der Waals surface area (Å²) in [6, 6.07) is 10.6. The zero-order chi connectivity index (χ0) is 22.2. The average molecular weight is 445 g/mol. The normalized spacial score (nSPS) is 12.9. The van der Waals surface area contributed by atoms with E-state index in [1.165, 1.54) is 12.1 Å². The fourth-order valence-corrected chi connectivity index (χ4v) is 3.44. The highest BCUT2D eigenvalue weighted by Gasteiger charge is 2.30. The van der Waals surface area contributed by atoms with Crippen LogP contribution in [0.1, 0.15) is 22.3 Å². The lowest BCUT2D eigenvalue weighted by molar-refractivity contribution is -0.137. The van der Waals surface area contributed by atoms with E-state index in [1.54, 1.807) is 24.4 Å². The number of aryl methyl sites for hydroxylation is 1. The first-order chi connectivity index (χ1) is 14.7. The van der Waals surface area contributed by atoms with E-state index >= 15 is 0 Å². The van der Waals surface area contributed by atoms with Crippen molar-refractivity contribution in [1.29, 1.82) is 0 Å². The van der Waals surface area contributed by atoms with Gasteiger partial charge in [-0.05, 0) is 55.0 Å². The van der Waals surface area contributed by atoms with E-state index in [0.29, 0.717) is 28.5 Å². The Kier molecular flexibility index (Phi) is 5.41. The molecule has 2 N–H and O–H groups in total. The van der Waals surface area contributed by atoms with Crippen molar-refractivity contribution < 1.29 is 18.0 Å². The van der Waals surface area contributed by atoms with Gasteiger partial charge in [-0.25, -0.2) is 14.8 Å². The van der Waals surface area contributed by atoms with E-state index in [4.69, 9.17) is 11.6 Å². The van der Waals surface area contributed by atoms with Gasteiger partial charge < -0.3 is 10.6 Å². The summed E-state index contributed by atoms with van der Waals surface area (Å²) in [5.74, 6) is 0.648. The summed E-state index contributed by atoms with van der Waals surface area (Å²) in [6.45, 7) is 1.96. The molecule has 2 aromatic carbocycles. The molecule has 2 heterocycles. The lowest BCUT2D eigenvalue weighted by atomic mass is 10.0. The van der Waals surface area contributed by atoms with Crippen molar-refractivity contribution in [3.63, 3.8) is 0 Å². The van der Waals surface area contributed by atoms with Gasteiger partial charge in [-0.2, -0.15) is 13.2 Å². The number of pyridine rings is 1. The molecule has 1 aliphatic heterocycles. The summed E-state index contributed by atoms with van der Waals surface area (Å²) in [5, 5.41) is 5.64. The molecule has 0 saturated carbocycles. The zero-order valence-corrected chi connectivity index (χ0v) is 17.0. The molecule has 0 aliphatic carbocycles. The number of anilines is 2. The van der Waals surface area contributed by atoms with Crippen LogP contribution in [0.15, 0.2) is 59.7 Å². The number of carbonyl (C=O) groups is 1. The number of urea groups is 1. The number of aliphatic imine (C=N–C) groups is 1. The van der Waals surface area contributed by atoms with Gasteiger partial charge in [-0.1, -0.05) is 17.7 Å². The molecular formula is C22H16ClF3N4O. The maximum atomic E-state index is 12.7. The highest BCUT2D eigenvalue weighted by molar-refractivity contribution is 6.34. The second-order valence-corrected chi connectivity index (χ2v) is 7.49. The molecule has 0 spiro atoms. The number of benzene rings is 2. The van der Waals surface area contributed by atoms with Crippen LogP contribution in [0.4, 0.5) is 35.2 Å². The number of nitrogens with zero attached hydrogens (tertiary/aromatic N) is 2. The van der Waals surface area contributed by atoms with Crippen LogP contribution >= 0.6 is 11.6 Å². The number of amides is 2. The SMILES string of the molecule is Cc1cnc2c(c1)CC(c1cc(NC(=O)Nc3ccc(C(F)(F)F)cc3)ccc1Cl)=N2. The predicted molar refractivity (Wildman–Crippen MR) is 114 cm³/mol. The number of fused-ring (bicyclic) bond motifs is 1. The Hall–Kier alpha value is -3.39. The minimum atomic E-state index is -4.43. The number of nitrogens with one attached hydrogen (secondary N) is 2. The Morgan fingerprint density at radius 1 is 1.03 bits per heavy atom. The van der Waals surface area contributed by atoms with Gasteiger partial charge in [-0.3, -0.25) is 0 Å². The van der Waals surface area contributed by atoms with Crippen molar-refractivity contribution >= 4 is 40.5 Å². The molecule has 0 atom stereocenters. The summed E-state index contributed by atoms with van der Waals surface area (Å²) in [6.07, 6.45) is -2.11. The standard InChI is InChI=1S/C22H16ClF3N4O/c1-12-8-13-9-19(30-20(13)27-11-12)17-10-16(6-7-18(17)23)29-21(31)28-15-4-2-14(3-5-15)22(24,25)26/h2-8,10-11H,9H2,1H3,(H2,28,29,31). The molecule has 3 aromatic rings. The summed E-state index contributed by atoms with van der Waals surface area (Å²) in [7, 11) is 0. The molecule has 2 amide bonds. The lowest BCUT2D eigenvalue weighted by Crippen LogP contribution is -2.19. The number of alkyl halides is 3. The Balaban J connectivity index is 1.47. The maximum absolute atomic E-state index is 12.7. The van der Waals surface area contributed by atoms with Gasteiger partial charge in [0.1, 0.15) is 0 Å². The number of aromatic nitrogens is 1. The van der Waals surface area contributed by atoms with Crippen LogP contribution < -0.4 is 10.6 Å². The molecule has 1 aliphatic rings. The average Bonchev–Trinajstić information content (AvgIpc) is 3.12. The molecule has 5 nitrogen and oxygen atoms in total. The summed E-state index contributed by atoms with van der Waals surface area (Å²) < 4.78 is 38.0. The molecule has 0 saturated heterocycles. The van der Waals surface area contributed by atoms with Crippen molar-refractivity contribution in [3.8, 4) is 0 Å². The first-order valence-electron chi connectivity index (χ1n) is 9.27. The third-order valence-electron chi connectivity index (χ3n) is 4.68. The van der Waals surface area contributed by atoms with Crippen LogP contribution in [0.25, 0.3) is 0 Å². The van der Waals surface area contributed by atoms with Crippen LogP contribution in [-0.4, -0.2) is 16.7 Å². The smallest absolute Gasteiger partial charge is 0.308 e. The monoisotopic (exact) mass is 444 g/mol. The van der Waals surface area contributed by atoms with E-state index in [1.807, 2.05) is 13.0 Å². The highest BCUT2D eigenvalue weighted by Crippen LogP contribution is 2.32. The first-order valence-corrected chi connectivity index (χ1v) is 9.65. The molecule has 0 unspecified atom stereocenters. The quantitative estimate of drug-likeness (QED) is 0.492. The Morgan fingerprint density at radius 3 is 2.42 bits per heavy atom. The predicted octanol–water partition coefficient (Wildman–Crippen LogP) is 6.38. The molecule has 0 fully saturated rings. The van der Waals surface area contributed by atoms with Crippen molar-refractivity contribution in [1.82, 2.24) is 4.98 Å². The second-order valence-electron chi connectivity index (χ2n) is 7.08. The van der Waals surface area contributed by atoms with Crippen molar-refractivity contribution in [3.05, 3.63) is 82.0 Å². The van der Waals surface area contributed by atoms with Crippen molar-refractivity contribution in [2.75, 3.05) is 10.6 Å². The third-order valence-corrected chi connectivity index (χ3v) is 5.01. The number of halogens is 4. The number of hydrogen-bond acceptors (Lipinski definition) is 3. The topological polar surface area (TPSA) is 66.4 Å². The van der Waals surface area contributed by atoms with E-state index in [2.05, 4.69) is 20.6 Å². The fourth-order valence-electron chi connectivity index (χ4n) is 3.22. The fraction of sp³-hybridized carbons (Fsp3) is 0.136. The molecular weight excluding hydrogens is 429 g/mol. The molecule has 1 aromatic heterocycles. The third kappa shape index (κ3) is 4.69. The second kappa shape index (κ2) is 8.03. The number of carbonyl (C=O) groups excluding carboxylic acids is 1. The van der Waals surface area contributed by atoms with E-state index in [9.17, 15) is 18.0 Å². The van der Waals surface area contributed by atoms with Crippen LogP contribution in [-0.2, 0) is 12.6 Å². The first kappa shape index (κ1) is 20.9. The van der Waals surface area contributed by atoms with Crippen LogP contribution in [0, 0.1) is 6.92 Å². The summed E-state index contributed by atoms with van der Waals surface area (Å²) >= 11 is 6.35. The minimum Gasteiger partial charge on any atom is -0.308 e. The van der Waals surface area contributed by atoms with Crippen LogP contribution in [0.5, 0.6) is 0 Å². The molecule has 9 heteroatoms. The summed E-state index contributed by atoms with van der Waals surface area (Å²) in [5.41, 5.74) is 3.36. The lowest BCUT2D eigenvalue weighted by Gasteiger charge is -2.11. The van der Waals surface area contributed by atoms with Gasteiger partial charge in [0.25, 0.3) is 0 Å². The molecule has 4 rings (SSSR count). The van der Waals surface area contributed by atoms with Crippen molar-refractivity contribution in [2.45, 2.75) is 19.5 Å². The Bertz CT molecular complexity index is 1190. The molecule has 0 radical (unpaired) electrons. The largest absolute Gasteiger partial charge is 0.416 e. The van der Waals surface area contributed by atoms with Gasteiger partial charge in [0.15, 0.2) is 5.82 Å². The summed E-state index contributed by atoms with van der Waals surface area (Å²) in [4.78, 5) is 21.1. The van der Waals surface area contributed by atoms with E-state index < -0.39 is 17.8 Å². The van der Waals surface area contributed by atoms with Gasteiger partial charge in [0.2, 0.25) is 0 Å². The Morgan fingerprint density at radius 2 is 1.71 bits per heavy atom. The highest BCUT2D eigenvalue weighted by atomic mass is 35.5. The maximum Gasteiger partial charge on any atom is 0.416 e. The van der Waals surface area contributed by atoms with Gasteiger partial charge in [-0.15, -0.1) is 0 Å². The molecule has 158 valence electrons. The molecule has 31 heavy (non-hydrogen) atoms. The Labute approximate surface area is 181 Å². The van der Waals surface area contributed by atoms with Gasteiger partial charge in [0.05, 0.1) is 11.3 Å². The van der Waals surface area contributed by atoms with Crippen LogP contribution in [0.3, 0.4) is 0 Å². The number of rotatable bonds is 3. The zero-order valence-electron chi connectivity index (χ0n) is 16.2. The minimum absolute atomic E-state index is 0.233.